The predicted octanol–water partition coefficient (Wildman–Crippen LogP) is -0.366. The fourth-order valence-electron chi connectivity index (χ4n) is 2.90. The highest BCUT2D eigenvalue weighted by atomic mass is 32.2. The van der Waals surface area contributed by atoms with Crippen LogP contribution in [0, 0.1) is 6.92 Å². The van der Waals surface area contributed by atoms with Crippen LogP contribution in [0.1, 0.15) is 24.7 Å². The number of hydrogen-bond acceptors (Lipinski definition) is 7. The Labute approximate surface area is 136 Å². The van der Waals surface area contributed by atoms with Crippen molar-refractivity contribution in [2.75, 3.05) is 52.5 Å². The molecule has 130 valence electrons. The molecule has 0 bridgehead atoms. The van der Waals surface area contributed by atoms with Crippen molar-refractivity contribution in [3.8, 4) is 0 Å². The van der Waals surface area contributed by atoms with Crippen molar-refractivity contribution in [3.05, 3.63) is 11.7 Å². The summed E-state index contributed by atoms with van der Waals surface area (Å²) in [5.41, 5.74) is 0. The van der Waals surface area contributed by atoms with E-state index >= 15 is 0 Å². The zero-order valence-electron chi connectivity index (χ0n) is 13.5. The number of piperazine rings is 1. The molecule has 2 aliphatic heterocycles. The lowest BCUT2D eigenvalue weighted by molar-refractivity contribution is 0.0668. The van der Waals surface area contributed by atoms with Crippen LogP contribution >= 0.6 is 0 Å². The number of nitrogens with zero attached hydrogens (tertiary/aromatic N) is 5. The number of hydrogen-bond donors (Lipinski definition) is 0. The highest BCUT2D eigenvalue weighted by molar-refractivity contribution is 7.86. The van der Waals surface area contributed by atoms with Crippen molar-refractivity contribution >= 4 is 10.2 Å². The smallest absolute Gasteiger partial charge is 0.282 e. The van der Waals surface area contributed by atoms with Crippen molar-refractivity contribution in [3.63, 3.8) is 0 Å². The SMILES string of the molecule is Cc1noc([C@H](C)N2CCN(S(=O)(=O)N3CCOCC3)CC2)n1. The summed E-state index contributed by atoms with van der Waals surface area (Å²) in [5, 5.41) is 3.81. The molecule has 0 saturated carbocycles. The minimum atomic E-state index is -3.39. The van der Waals surface area contributed by atoms with Crippen molar-refractivity contribution in [2.24, 2.45) is 0 Å². The van der Waals surface area contributed by atoms with Gasteiger partial charge in [-0.2, -0.15) is 22.0 Å². The van der Waals surface area contributed by atoms with Crippen molar-refractivity contribution in [2.45, 2.75) is 19.9 Å². The van der Waals surface area contributed by atoms with Gasteiger partial charge in [0, 0.05) is 39.3 Å². The van der Waals surface area contributed by atoms with Gasteiger partial charge in [0.25, 0.3) is 10.2 Å². The molecule has 2 aliphatic rings. The maximum Gasteiger partial charge on any atom is 0.282 e. The second kappa shape index (κ2) is 6.81. The third-order valence-electron chi connectivity index (χ3n) is 4.34. The Balaban J connectivity index is 1.59. The molecule has 0 aliphatic carbocycles. The average Bonchev–Trinajstić information content (AvgIpc) is 3.01. The molecule has 2 saturated heterocycles. The van der Waals surface area contributed by atoms with Crippen LogP contribution in [-0.4, -0.2) is 84.6 Å². The largest absolute Gasteiger partial charge is 0.379 e. The Bertz CT molecular complexity index is 620. The molecular formula is C13H23N5O4S. The summed E-state index contributed by atoms with van der Waals surface area (Å²) in [7, 11) is -3.39. The molecule has 1 atom stereocenters. The van der Waals surface area contributed by atoms with Crippen LogP contribution in [-0.2, 0) is 14.9 Å². The monoisotopic (exact) mass is 345 g/mol. The fourth-order valence-corrected chi connectivity index (χ4v) is 4.46. The predicted molar refractivity (Wildman–Crippen MR) is 81.9 cm³/mol. The molecule has 1 aromatic heterocycles. The molecule has 2 fully saturated rings. The minimum absolute atomic E-state index is 0.00978. The minimum Gasteiger partial charge on any atom is -0.379 e. The van der Waals surface area contributed by atoms with E-state index in [2.05, 4.69) is 15.0 Å². The summed E-state index contributed by atoms with van der Waals surface area (Å²) in [5.74, 6) is 1.19. The van der Waals surface area contributed by atoms with Gasteiger partial charge in [-0.15, -0.1) is 0 Å². The van der Waals surface area contributed by atoms with Gasteiger partial charge in [0.2, 0.25) is 5.89 Å². The number of morpholine rings is 1. The molecular weight excluding hydrogens is 322 g/mol. The molecule has 3 heterocycles. The normalized spacial score (nSPS) is 23.9. The van der Waals surface area contributed by atoms with Crippen molar-refractivity contribution in [1.82, 2.24) is 23.7 Å². The van der Waals surface area contributed by atoms with Crippen LogP contribution in [0.25, 0.3) is 0 Å². The Kier molecular flexibility index (Phi) is 4.97. The van der Waals surface area contributed by atoms with Crippen LogP contribution in [0.5, 0.6) is 0 Å². The van der Waals surface area contributed by atoms with Gasteiger partial charge in [0.05, 0.1) is 19.3 Å². The fraction of sp³-hybridized carbons (Fsp3) is 0.846. The lowest BCUT2D eigenvalue weighted by Gasteiger charge is -2.38. The Morgan fingerprint density at radius 3 is 2.22 bits per heavy atom. The van der Waals surface area contributed by atoms with Crippen LogP contribution in [0.15, 0.2) is 4.52 Å². The van der Waals surface area contributed by atoms with E-state index in [0.29, 0.717) is 64.2 Å². The van der Waals surface area contributed by atoms with E-state index in [1.54, 1.807) is 11.2 Å². The Morgan fingerprint density at radius 1 is 1.04 bits per heavy atom. The molecule has 0 aromatic carbocycles. The summed E-state index contributed by atoms with van der Waals surface area (Å²) in [6, 6.07) is -0.00978. The summed E-state index contributed by atoms with van der Waals surface area (Å²) < 4.78 is 38.8. The van der Waals surface area contributed by atoms with E-state index in [1.807, 2.05) is 6.92 Å². The van der Waals surface area contributed by atoms with E-state index in [4.69, 9.17) is 9.26 Å². The van der Waals surface area contributed by atoms with Gasteiger partial charge >= 0.3 is 0 Å². The molecule has 0 spiro atoms. The standard InChI is InChI=1S/C13H23N5O4S/c1-11(13-14-12(2)15-22-13)16-3-5-17(6-4-16)23(19,20)18-7-9-21-10-8-18/h11H,3-10H2,1-2H3/t11-/m0/s1. The second-order valence-corrected chi connectivity index (χ2v) is 7.74. The first-order valence-electron chi connectivity index (χ1n) is 7.85. The summed E-state index contributed by atoms with van der Waals surface area (Å²) >= 11 is 0. The maximum atomic E-state index is 12.6. The number of rotatable bonds is 4. The van der Waals surface area contributed by atoms with E-state index in [1.165, 1.54) is 4.31 Å². The second-order valence-electron chi connectivity index (χ2n) is 5.81. The Morgan fingerprint density at radius 2 is 1.65 bits per heavy atom. The van der Waals surface area contributed by atoms with Gasteiger partial charge in [-0.3, -0.25) is 4.90 Å². The first-order chi connectivity index (χ1) is 11.0. The summed E-state index contributed by atoms with van der Waals surface area (Å²) in [6.45, 7) is 7.80. The highest BCUT2D eigenvalue weighted by Crippen LogP contribution is 2.22. The van der Waals surface area contributed by atoms with Crippen LogP contribution in [0.3, 0.4) is 0 Å². The van der Waals surface area contributed by atoms with E-state index in [0.717, 1.165) is 0 Å². The van der Waals surface area contributed by atoms with Gasteiger partial charge in [0.1, 0.15) is 0 Å². The topological polar surface area (TPSA) is 92.0 Å². The van der Waals surface area contributed by atoms with Gasteiger partial charge in [-0.1, -0.05) is 5.16 Å². The third-order valence-corrected chi connectivity index (χ3v) is 6.38. The van der Waals surface area contributed by atoms with Gasteiger partial charge < -0.3 is 9.26 Å². The molecule has 10 heteroatoms. The first-order valence-corrected chi connectivity index (χ1v) is 9.25. The first kappa shape index (κ1) is 16.8. The molecule has 23 heavy (non-hydrogen) atoms. The summed E-state index contributed by atoms with van der Waals surface area (Å²) in [4.78, 5) is 6.42. The zero-order valence-corrected chi connectivity index (χ0v) is 14.3. The Hall–Kier alpha value is -1.07. The van der Waals surface area contributed by atoms with Gasteiger partial charge in [0.15, 0.2) is 5.82 Å². The highest BCUT2D eigenvalue weighted by Gasteiger charge is 2.34. The molecule has 9 nitrogen and oxygen atoms in total. The molecule has 0 unspecified atom stereocenters. The lowest BCUT2D eigenvalue weighted by atomic mass is 10.2. The molecule has 0 amide bonds. The molecule has 0 radical (unpaired) electrons. The third kappa shape index (κ3) is 3.56. The van der Waals surface area contributed by atoms with E-state index in [9.17, 15) is 8.42 Å². The number of aryl methyl sites for hydroxylation is 1. The van der Waals surface area contributed by atoms with Crippen LogP contribution in [0.2, 0.25) is 0 Å². The zero-order chi connectivity index (χ0) is 16.4. The van der Waals surface area contributed by atoms with Crippen molar-refractivity contribution in [1.29, 1.82) is 0 Å². The maximum absolute atomic E-state index is 12.6. The molecule has 0 N–H and O–H groups in total. The van der Waals surface area contributed by atoms with Crippen LogP contribution in [0.4, 0.5) is 0 Å². The molecule has 1 aromatic rings. The van der Waals surface area contributed by atoms with Crippen molar-refractivity contribution < 1.29 is 17.7 Å². The average molecular weight is 345 g/mol. The molecule has 3 rings (SSSR count). The summed E-state index contributed by atoms with van der Waals surface area (Å²) in [6.07, 6.45) is 0. The number of aromatic nitrogens is 2. The number of ether oxygens (including phenoxy) is 1. The van der Waals surface area contributed by atoms with E-state index < -0.39 is 10.2 Å². The van der Waals surface area contributed by atoms with E-state index in [-0.39, 0.29) is 6.04 Å². The van der Waals surface area contributed by atoms with Gasteiger partial charge in [-0.05, 0) is 13.8 Å². The lowest BCUT2D eigenvalue weighted by Crippen LogP contribution is -2.55. The van der Waals surface area contributed by atoms with Crippen LogP contribution < -0.4 is 0 Å². The quantitative estimate of drug-likeness (QED) is 0.735. The van der Waals surface area contributed by atoms with Gasteiger partial charge in [-0.25, -0.2) is 0 Å².